The minimum atomic E-state index is 1.34. The van der Waals surface area contributed by atoms with Gasteiger partial charge in [0.15, 0.2) is 0 Å². The van der Waals surface area contributed by atoms with Gasteiger partial charge in [0.25, 0.3) is 0 Å². The molecule has 0 aromatic heterocycles. The van der Waals surface area contributed by atoms with E-state index < -0.39 is 0 Å². The standard InChI is InChI=1S/C13H9.C6H5/c1-3-7-12-10(5-1)9-11-6-2-4-8-13(11)12;1-2-4-6-5-3-1/h1-9H;1-5H. The van der Waals surface area contributed by atoms with Crippen LogP contribution in [0.4, 0.5) is 0 Å². The number of hydrogen-bond donors (Lipinski definition) is 0. The van der Waals surface area contributed by atoms with Gasteiger partial charge in [-0.25, -0.2) is 0 Å². The van der Waals surface area contributed by atoms with Gasteiger partial charge in [0.2, 0.25) is 0 Å². The Hall–Kier alpha value is -2.34. The Morgan fingerprint density at radius 3 is 1.47 bits per heavy atom. The SMILES string of the molecule is [CH]1c2ccccc2-c2ccccc21.[c]1ccccc1. The fraction of sp³-hybridized carbons (Fsp3) is 0. The monoisotopic (exact) mass is 242 g/mol. The molecule has 0 heterocycles. The van der Waals surface area contributed by atoms with E-state index in [1.54, 1.807) is 0 Å². The molecule has 0 saturated carbocycles. The molecule has 0 saturated heterocycles. The van der Waals surface area contributed by atoms with Crippen molar-refractivity contribution < 1.29 is 0 Å². The fourth-order valence-electron chi connectivity index (χ4n) is 2.25. The number of benzene rings is 3. The van der Waals surface area contributed by atoms with Crippen molar-refractivity contribution in [2.24, 2.45) is 0 Å². The number of rotatable bonds is 0. The van der Waals surface area contributed by atoms with E-state index in [1.807, 2.05) is 30.3 Å². The predicted octanol–water partition coefficient (Wildman–Crippen LogP) is 4.75. The lowest BCUT2D eigenvalue weighted by Crippen LogP contribution is -1.74. The lowest BCUT2D eigenvalue weighted by atomic mass is 10.1. The highest BCUT2D eigenvalue weighted by Gasteiger charge is 2.16. The second-order valence-electron chi connectivity index (χ2n) is 4.40. The van der Waals surface area contributed by atoms with Gasteiger partial charge in [0.1, 0.15) is 0 Å². The molecule has 0 spiro atoms. The first-order valence-electron chi connectivity index (χ1n) is 6.39. The summed E-state index contributed by atoms with van der Waals surface area (Å²) in [6, 6.07) is 29.5. The van der Waals surface area contributed by atoms with Crippen molar-refractivity contribution in [3.8, 4) is 11.1 Å². The molecule has 0 unspecified atom stereocenters. The van der Waals surface area contributed by atoms with E-state index >= 15 is 0 Å². The van der Waals surface area contributed by atoms with E-state index in [9.17, 15) is 0 Å². The summed E-state index contributed by atoms with van der Waals surface area (Å²) in [5.41, 5.74) is 5.39. The van der Waals surface area contributed by atoms with E-state index in [1.165, 1.54) is 22.3 Å². The van der Waals surface area contributed by atoms with Crippen LogP contribution in [0.3, 0.4) is 0 Å². The van der Waals surface area contributed by atoms with Crippen LogP contribution in [-0.2, 0) is 0 Å². The van der Waals surface area contributed by atoms with Crippen molar-refractivity contribution in [3.63, 3.8) is 0 Å². The van der Waals surface area contributed by atoms with Crippen LogP contribution in [0, 0.1) is 12.5 Å². The molecule has 0 amide bonds. The van der Waals surface area contributed by atoms with Crippen LogP contribution in [-0.4, -0.2) is 0 Å². The van der Waals surface area contributed by atoms with Gasteiger partial charge >= 0.3 is 0 Å². The van der Waals surface area contributed by atoms with Crippen LogP contribution in [0.2, 0.25) is 0 Å². The third-order valence-electron chi connectivity index (χ3n) is 3.13. The van der Waals surface area contributed by atoms with Crippen molar-refractivity contribution in [3.05, 3.63) is 102 Å². The third kappa shape index (κ3) is 2.58. The zero-order valence-electron chi connectivity index (χ0n) is 10.6. The Kier molecular flexibility index (Phi) is 3.42. The normalized spacial score (nSPS) is 10.9. The first-order chi connectivity index (χ1) is 9.45. The Bertz CT molecular complexity index is 583. The van der Waals surface area contributed by atoms with Crippen molar-refractivity contribution in [2.45, 2.75) is 0 Å². The first kappa shape index (κ1) is 11.7. The highest BCUT2D eigenvalue weighted by Crippen LogP contribution is 2.36. The average Bonchev–Trinajstić information content (AvgIpc) is 2.88. The van der Waals surface area contributed by atoms with Crippen LogP contribution in [0.1, 0.15) is 11.1 Å². The molecule has 0 atom stereocenters. The highest BCUT2D eigenvalue weighted by molar-refractivity contribution is 5.80. The summed E-state index contributed by atoms with van der Waals surface area (Å²) in [7, 11) is 0. The third-order valence-corrected chi connectivity index (χ3v) is 3.13. The van der Waals surface area contributed by atoms with Crippen LogP contribution >= 0.6 is 0 Å². The van der Waals surface area contributed by atoms with Gasteiger partial charge in [-0.1, -0.05) is 78.9 Å². The minimum Gasteiger partial charge on any atom is -0.0622 e. The largest absolute Gasteiger partial charge is 0.0622 e. The quantitative estimate of drug-likeness (QED) is 0.417. The van der Waals surface area contributed by atoms with E-state index in [-0.39, 0.29) is 0 Å². The molecule has 0 aliphatic heterocycles. The fourth-order valence-corrected chi connectivity index (χ4v) is 2.25. The van der Waals surface area contributed by atoms with E-state index in [0.29, 0.717) is 0 Å². The number of fused-ring (bicyclic) bond motifs is 3. The zero-order chi connectivity index (χ0) is 12.9. The van der Waals surface area contributed by atoms with Gasteiger partial charge in [-0.05, 0) is 28.3 Å². The van der Waals surface area contributed by atoms with Crippen LogP contribution in [0.5, 0.6) is 0 Å². The second kappa shape index (κ2) is 5.53. The Labute approximate surface area is 114 Å². The number of hydrogen-bond acceptors (Lipinski definition) is 0. The summed E-state index contributed by atoms with van der Waals surface area (Å²) >= 11 is 0. The van der Waals surface area contributed by atoms with E-state index in [2.05, 4.69) is 61.0 Å². The Morgan fingerprint density at radius 1 is 0.526 bits per heavy atom. The lowest BCUT2D eigenvalue weighted by molar-refractivity contribution is 1.54. The molecule has 90 valence electrons. The minimum absolute atomic E-state index is 1.34. The molecule has 1 aliphatic rings. The topological polar surface area (TPSA) is 0 Å². The van der Waals surface area contributed by atoms with Gasteiger partial charge in [-0.2, -0.15) is 0 Å². The summed E-state index contributed by atoms with van der Waals surface area (Å²) in [4.78, 5) is 0. The first-order valence-corrected chi connectivity index (χ1v) is 6.39. The molecular formula is C19H14. The van der Waals surface area contributed by atoms with E-state index in [0.717, 1.165) is 0 Å². The van der Waals surface area contributed by atoms with Crippen molar-refractivity contribution in [1.82, 2.24) is 0 Å². The molecule has 3 aromatic rings. The molecular weight excluding hydrogens is 228 g/mol. The Balaban J connectivity index is 0.000000155. The van der Waals surface area contributed by atoms with Gasteiger partial charge in [-0.3, -0.25) is 0 Å². The molecule has 1 aliphatic carbocycles. The molecule has 0 nitrogen and oxygen atoms in total. The molecule has 0 heteroatoms. The molecule has 3 aromatic carbocycles. The molecule has 19 heavy (non-hydrogen) atoms. The van der Waals surface area contributed by atoms with Crippen molar-refractivity contribution in [1.29, 1.82) is 0 Å². The zero-order valence-corrected chi connectivity index (χ0v) is 10.6. The second-order valence-corrected chi connectivity index (χ2v) is 4.40. The lowest BCUT2D eigenvalue weighted by Gasteiger charge is -1.97. The van der Waals surface area contributed by atoms with E-state index in [4.69, 9.17) is 0 Å². The maximum Gasteiger partial charge on any atom is 0.0211 e. The summed E-state index contributed by atoms with van der Waals surface area (Å²) in [5, 5.41) is 0. The van der Waals surface area contributed by atoms with Crippen LogP contribution in [0.25, 0.3) is 11.1 Å². The Morgan fingerprint density at radius 2 is 1.05 bits per heavy atom. The molecule has 0 bridgehead atoms. The van der Waals surface area contributed by atoms with Gasteiger partial charge in [-0.15, -0.1) is 0 Å². The van der Waals surface area contributed by atoms with Crippen LogP contribution < -0.4 is 0 Å². The molecule has 4 rings (SSSR count). The van der Waals surface area contributed by atoms with Gasteiger partial charge < -0.3 is 0 Å². The predicted molar refractivity (Wildman–Crippen MR) is 79.7 cm³/mol. The summed E-state index contributed by atoms with van der Waals surface area (Å²) < 4.78 is 0. The van der Waals surface area contributed by atoms with Gasteiger partial charge in [0.05, 0.1) is 0 Å². The van der Waals surface area contributed by atoms with Crippen molar-refractivity contribution >= 4 is 0 Å². The smallest absolute Gasteiger partial charge is 0.0211 e. The summed E-state index contributed by atoms with van der Waals surface area (Å²) in [5.74, 6) is 0. The summed E-state index contributed by atoms with van der Waals surface area (Å²) in [6.07, 6.45) is 2.24. The van der Waals surface area contributed by atoms with Gasteiger partial charge in [0, 0.05) is 6.42 Å². The molecule has 0 fully saturated rings. The highest BCUT2D eigenvalue weighted by atomic mass is 14.2. The maximum atomic E-state index is 2.89. The average molecular weight is 242 g/mol. The van der Waals surface area contributed by atoms with Crippen molar-refractivity contribution in [2.75, 3.05) is 0 Å². The van der Waals surface area contributed by atoms with Crippen LogP contribution in [0.15, 0.2) is 78.9 Å². The summed E-state index contributed by atoms with van der Waals surface area (Å²) in [6.45, 7) is 0. The molecule has 2 radical (unpaired) electrons. The molecule has 0 N–H and O–H groups in total. The maximum absolute atomic E-state index is 2.89.